The van der Waals surface area contributed by atoms with Crippen LogP contribution < -0.4 is 127 Å². The molecule has 788 valence electrons. The normalized spacial score (nSPS) is 10.0. The van der Waals surface area contributed by atoms with E-state index in [9.17, 15) is 0 Å². The van der Waals surface area contributed by atoms with Crippen LogP contribution in [0.1, 0.15) is 46.2 Å². The van der Waals surface area contributed by atoms with Crippen molar-refractivity contribution >= 4 is 154 Å². The van der Waals surface area contributed by atoms with Gasteiger partial charge in [0, 0.05) is 178 Å². The van der Waals surface area contributed by atoms with Crippen molar-refractivity contribution in [3.05, 3.63) is 276 Å². The lowest BCUT2D eigenvalue weighted by Gasteiger charge is -2.18. The third-order valence-corrected chi connectivity index (χ3v) is 20.9. The van der Waals surface area contributed by atoms with Crippen LogP contribution in [0, 0.1) is 0 Å². The summed E-state index contributed by atoms with van der Waals surface area (Å²) < 4.78 is 0. The Morgan fingerprint density at radius 2 is 0.460 bits per heavy atom. The Hall–Kier alpha value is -19.0. The van der Waals surface area contributed by atoms with E-state index >= 15 is 0 Å². The molecule has 16 rings (SSSR count). The zero-order chi connectivity index (χ0) is 107. The van der Waals surface area contributed by atoms with Gasteiger partial charge in [0.05, 0.1) is 0 Å². The van der Waals surface area contributed by atoms with E-state index in [1.165, 1.54) is 33.4 Å². The summed E-state index contributed by atoms with van der Waals surface area (Å²) >= 11 is 0. The van der Waals surface area contributed by atoms with E-state index in [0.717, 1.165) is 82.6 Å². The highest BCUT2D eigenvalue weighted by Gasteiger charge is 2.17. The number of nitrogens with zero attached hydrogens (tertiary/aromatic N) is 28. The largest absolute Gasteiger partial charge is 0.368 e. The van der Waals surface area contributed by atoms with Crippen molar-refractivity contribution < 1.29 is 0 Å². The van der Waals surface area contributed by atoms with Crippen molar-refractivity contribution in [2.75, 3.05) is 280 Å². The van der Waals surface area contributed by atoms with Crippen molar-refractivity contribution in [2.45, 2.75) is 51.6 Å². The molecule has 0 unspecified atom stereocenters. The number of benzene rings is 8. The van der Waals surface area contributed by atoms with Crippen molar-refractivity contribution in [1.82, 2.24) is 120 Å². The van der Waals surface area contributed by atoms with Gasteiger partial charge in [0.1, 0.15) is 0 Å². The molecule has 0 aliphatic carbocycles. The number of nitrogens with one attached hydrogen (secondary N) is 18. The van der Waals surface area contributed by atoms with Gasteiger partial charge in [0.25, 0.3) is 0 Å². The predicted molar refractivity (Wildman–Crippen MR) is 611 cm³/mol. The number of aryl methyl sites for hydroxylation is 2. The zero-order valence-electron chi connectivity index (χ0n) is 88.3. The van der Waals surface area contributed by atoms with E-state index in [1.807, 2.05) is 206 Å². The van der Waals surface area contributed by atoms with Crippen molar-refractivity contribution in [2.24, 2.45) is 0 Å². The van der Waals surface area contributed by atoms with Gasteiger partial charge in [-0.3, -0.25) is 0 Å². The zero-order valence-corrected chi connectivity index (χ0v) is 88.3. The average molecular weight is 2040 g/mol. The van der Waals surface area contributed by atoms with E-state index < -0.39 is 0 Å². The van der Waals surface area contributed by atoms with Crippen molar-refractivity contribution in [3.63, 3.8) is 0 Å². The summed E-state index contributed by atoms with van der Waals surface area (Å²) in [6.07, 6.45) is 5.98. The second kappa shape index (κ2) is 64.6. The van der Waals surface area contributed by atoms with Crippen LogP contribution in [0.15, 0.2) is 243 Å². The van der Waals surface area contributed by atoms with Gasteiger partial charge in [0.15, 0.2) is 0 Å². The number of nitrogen functional groups attached to an aromatic ring is 2. The highest BCUT2D eigenvalue weighted by Crippen LogP contribution is 2.24. The van der Waals surface area contributed by atoms with Crippen LogP contribution in [0.2, 0.25) is 0 Å². The topological polar surface area (TPSA) is 591 Å². The highest BCUT2D eigenvalue weighted by molar-refractivity contribution is 5.59. The van der Waals surface area contributed by atoms with E-state index in [0.29, 0.717) is 137 Å². The van der Waals surface area contributed by atoms with E-state index in [1.54, 1.807) is 98.7 Å². The minimum absolute atomic E-state index is 0.223. The molecule has 0 saturated carbocycles. The van der Waals surface area contributed by atoms with Crippen LogP contribution in [-0.2, 0) is 38.8 Å². The number of hydrogen-bond acceptors (Lipinski definition) is 48. The van der Waals surface area contributed by atoms with Gasteiger partial charge in [-0.1, -0.05) is 218 Å². The maximum Gasteiger partial charge on any atom is 0.236 e. The number of hydrogen-bond donors (Lipinski definition) is 20. The van der Waals surface area contributed by atoms with Gasteiger partial charge in [-0.05, 0) is 96.2 Å². The Morgan fingerprint density at radius 3 is 0.813 bits per heavy atom. The number of rotatable bonds is 42. The molecular weight excluding hydrogens is 1900 g/mol. The predicted octanol–water partition coefficient (Wildman–Crippen LogP) is 12.9. The summed E-state index contributed by atoms with van der Waals surface area (Å²) in [5.74, 6) is 12.5. The van der Waals surface area contributed by atoms with Gasteiger partial charge in [0.2, 0.25) is 143 Å². The first-order valence-corrected chi connectivity index (χ1v) is 48.4. The Balaban J connectivity index is 0.000000190. The molecular formula is C102H140N48. The summed E-state index contributed by atoms with van der Waals surface area (Å²) in [6, 6.07) is 81.4. The van der Waals surface area contributed by atoms with Gasteiger partial charge in [-0.25, -0.2) is 0 Å². The van der Waals surface area contributed by atoms with Crippen LogP contribution in [0.3, 0.4) is 0 Å². The minimum atomic E-state index is 0.223. The number of anilines is 26. The highest BCUT2D eigenvalue weighted by atomic mass is 15.4. The van der Waals surface area contributed by atoms with Crippen molar-refractivity contribution in [1.29, 1.82) is 0 Å². The Labute approximate surface area is 876 Å². The fraction of sp³-hybridized carbons (Fsp3) is 0.294. The molecule has 0 amide bonds. The smallest absolute Gasteiger partial charge is 0.236 e. The third-order valence-electron chi connectivity index (χ3n) is 20.9. The average Bonchev–Trinajstić information content (AvgIpc) is 0.857. The summed E-state index contributed by atoms with van der Waals surface area (Å²) in [6.45, 7) is 4.71. The lowest BCUT2D eigenvalue weighted by atomic mass is 10.1. The van der Waals surface area contributed by atoms with Crippen LogP contribution in [0.4, 0.5) is 154 Å². The molecule has 0 bridgehead atoms. The van der Waals surface area contributed by atoms with Gasteiger partial charge < -0.3 is 127 Å². The Bertz CT molecular complexity index is 6340. The fourth-order valence-electron chi connectivity index (χ4n) is 13.0. The first kappa shape index (κ1) is 115. The molecule has 0 aliphatic heterocycles. The molecule has 8 aromatic heterocycles. The Morgan fingerprint density at radius 1 is 0.207 bits per heavy atom. The lowest BCUT2D eigenvalue weighted by Crippen LogP contribution is -2.23. The molecule has 8 aromatic carbocycles. The van der Waals surface area contributed by atoms with Gasteiger partial charge >= 0.3 is 0 Å². The summed E-state index contributed by atoms with van der Waals surface area (Å²) in [5.41, 5.74) is 20.9. The monoisotopic (exact) mass is 2040 g/mol. The first-order valence-electron chi connectivity index (χ1n) is 48.4. The molecule has 0 aliphatic rings. The lowest BCUT2D eigenvalue weighted by molar-refractivity contribution is 0.764. The molecule has 150 heavy (non-hydrogen) atoms. The van der Waals surface area contributed by atoms with Crippen LogP contribution in [0.5, 0.6) is 0 Å². The molecule has 16 aromatic rings. The molecule has 22 N–H and O–H groups in total. The molecule has 0 fully saturated rings. The van der Waals surface area contributed by atoms with Crippen molar-refractivity contribution in [3.8, 4) is 0 Å². The van der Waals surface area contributed by atoms with Crippen LogP contribution in [0.25, 0.3) is 0 Å². The molecule has 48 heteroatoms. The SMILES string of the molecule is CNc1nc(N)nc(N(C)CCCc2ccccc2)n1.CNc1nc(N)nc(N(C)CCc2ccccc2)n1.CNc1nc(NC)nc(N(C)Cc2ccccc2)n1.CNc1nc(NC)nc(N(C)c2ccccc2)n1.CNc1nc(NC)nc(NCCCc2ccccc2)n1.CNc1nc(NC)nc(NCCc2ccccc2)n1.CNc1nc(NC)nc(NCc2ccccc2)n1.CNc1nc(NC)nc(Nc2ccccc2)n1. The maximum atomic E-state index is 5.66. The standard InChI is InChI=1S/2C14H20N6.3C13H18N6.2C12H16N6.C11H14N6/c1-16-13-17-12(15)18-14(19-13)20(2)10-6-9-11-7-4-3-5-8-11;1-15-12-18-13(16-2)20-14(19-12)17-10-6-9-11-7-4-3-5-8-11;1-14-11-16-12(15-2)18-13(17-11)19(3)9-10-7-5-4-6-8-10;1-15-12-16-11(14)17-13(18-12)19(2)9-8-10-6-4-3-5-7-10;1-14-11-17-12(15-2)19-13(18-11)16-9-8-10-6-4-3-5-7-10;1-13-10-15-11(14-2)17-12(16-10)18(3)9-7-5-4-6-8-9;1-13-10-16-11(14-2)18-12(17-10)15-8-9-6-4-3-5-7-9;1-12-9-15-10(13-2)17-11(16-9)14-8-6-4-3-5-7-8/h3-5,7-8H,6,9-10H2,1-2H3,(H3,15,16,17,18,19);3-5,7-8H,6,9-10H2,1-2H3,(H3,15,16,17,18,19,20);4-8H,9H2,1-3H3,(H2,14,15,16,17,18);3-7H,8-9H2,1-2H3,(H3,14,15,16,17,18);3-7H,8-9H2,1-2H3,(H3,14,15,16,17,18,19);4-8H,1-3H3,(H2,13,14,15,16,17);3-7H,8H2,1-2H3,(H3,13,14,15,16,17,18);3-7H,1-2H3,(H3,12,13,14,15,16,17). The molecule has 48 nitrogen and oxygen atoms in total. The number of aromatic nitrogens is 24. The Kier molecular flexibility index (Phi) is 49.4. The van der Waals surface area contributed by atoms with Gasteiger partial charge in [-0.2, -0.15) is 120 Å². The van der Waals surface area contributed by atoms with E-state index in [-0.39, 0.29) is 11.9 Å². The summed E-state index contributed by atoms with van der Waals surface area (Å²) in [4.78, 5) is 109. The molecule has 8 heterocycles. The summed E-state index contributed by atoms with van der Waals surface area (Å²) in [7, 11) is 32.6. The quantitative estimate of drug-likeness (QED) is 0.0158. The van der Waals surface area contributed by atoms with E-state index in [2.05, 4.69) is 300 Å². The second-order valence-corrected chi connectivity index (χ2v) is 31.8. The molecule has 0 saturated heterocycles. The number of likely N-dealkylation sites (N-methyl/N-ethyl adjacent to an activating group) is 1. The van der Waals surface area contributed by atoms with E-state index in [4.69, 9.17) is 11.5 Å². The minimum Gasteiger partial charge on any atom is -0.368 e. The molecule has 0 atom stereocenters. The molecule has 0 radical (unpaired) electrons. The maximum absolute atomic E-state index is 5.66. The van der Waals surface area contributed by atoms with Gasteiger partial charge in [-0.15, -0.1) is 0 Å². The van der Waals surface area contributed by atoms with Crippen LogP contribution >= 0.6 is 0 Å². The number of nitrogens with two attached hydrogens (primary N) is 2. The number of para-hydroxylation sites is 2. The first-order chi connectivity index (χ1) is 73.1. The van der Waals surface area contributed by atoms with Crippen LogP contribution in [-0.4, -0.2) is 273 Å². The molecule has 0 spiro atoms. The fourth-order valence-corrected chi connectivity index (χ4v) is 13.0. The second-order valence-electron chi connectivity index (χ2n) is 31.8. The summed E-state index contributed by atoms with van der Waals surface area (Å²) in [5, 5.41) is 53.4. The third kappa shape index (κ3) is 41.4.